The summed E-state index contributed by atoms with van der Waals surface area (Å²) in [7, 11) is -9.67. The van der Waals surface area contributed by atoms with Crippen LogP contribution in [-0.4, -0.2) is 111 Å². The zero-order valence-corrected chi connectivity index (χ0v) is 52.5. The van der Waals surface area contributed by atoms with Crippen LogP contribution in [0.4, 0.5) is 85.1 Å². The van der Waals surface area contributed by atoms with Crippen molar-refractivity contribution in [2.45, 2.75) is 57.8 Å². The number of nitrogens with one attached hydrogen (secondary N) is 9. The van der Waals surface area contributed by atoms with Gasteiger partial charge < -0.3 is 64.4 Å². The van der Waals surface area contributed by atoms with E-state index in [4.69, 9.17) is 16.5 Å². The summed E-state index contributed by atoms with van der Waals surface area (Å²) in [6.45, 7) is 10.8. The first-order chi connectivity index (χ1) is 44.3. The van der Waals surface area contributed by atoms with Gasteiger partial charge in [0.05, 0.1) is 28.3 Å². The minimum Gasteiger partial charge on any atom is -0.478 e. The van der Waals surface area contributed by atoms with E-state index in [1.54, 1.807) is 49.4 Å². The molecule has 0 unspecified atom stereocenters. The van der Waals surface area contributed by atoms with E-state index < -0.39 is 43.2 Å². The summed E-state index contributed by atoms with van der Waals surface area (Å²) in [6.07, 6.45) is 5.50. The summed E-state index contributed by atoms with van der Waals surface area (Å²) in [5.74, 6) is -0.738. The number of carbonyl (C=O) groups excluding carboxylic acids is 2. The van der Waals surface area contributed by atoms with Crippen LogP contribution in [0.5, 0.6) is 0 Å². The highest BCUT2D eigenvalue weighted by Crippen LogP contribution is 2.45. The van der Waals surface area contributed by atoms with Gasteiger partial charge in [0.1, 0.15) is 9.79 Å². The van der Waals surface area contributed by atoms with E-state index in [0.717, 1.165) is 33.6 Å². The standard InChI is InChI=1S/C63H64N18O10S2/c1-32-27-33(2)51(74-62(84)68-25-23-66-58-76-56(64)78-60(80-58)72-41-14-8-7-9-15-41)34(3)50(32)70-43-19-21-45-39(30-43)28-40-31-44(20-22-46(40)49(45)47-17-10-11-18-48(47)92(86,87)88)71-52-35(4)53(37(6)54(36(52)5)93(89,90)91)75-63(85)69-26-24-67-59-77-57(65)79-61(81-59)73-42-16-12-13-38(29-42)55(82)83/h7-22,27,29-31,70H,23-26,28H2,1-6H3,(H,82,83)(H2,68,74,84)(H2,69,75,85)(H,86,87,88)(H,89,90,91)(H4,64,66,72,76,78,80)(H4,65,67,73,77,79,81). The molecule has 10 rings (SSSR count). The Balaban J connectivity index is 0.880. The fraction of sp³-hybridized carbons (Fsp3) is 0.175. The molecule has 6 aromatic carbocycles. The molecule has 0 fully saturated rings. The third-order valence-electron chi connectivity index (χ3n) is 15.0. The molecule has 0 bridgehead atoms. The fourth-order valence-corrected chi connectivity index (χ4v) is 12.7. The van der Waals surface area contributed by atoms with Crippen LogP contribution in [0.1, 0.15) is 60.4 Å². The quantitative estimate of drug-likeness (QED) is 0.0235. The van der Waals surface area contributed by atoms with Gasteiger partial charge in [0.25, 0.3) is 20.2 Å². The van der Waals surface area contributed by atoms with Gasteiger partial charge in [-0.05, 0) is 170 Å². The zero-order chi connectivity index (χ0) is 66.5. The summed E-state index contributed by atoms with van der Waals surface area (Å²) < 4.78 is 73.6. The van der Waals surface area contributed by atoms with Crippen LogP contribution in [0.15, 0.2) is 147 Å². The van der Waals surface area contributed by atoms with E-state index in [9.17, 15) is 45.4 Å². The summed E-state index contributed by atoms with van der Waals surface area (Å²) >= 11 is 0. The van der Waals surface area contributed by atoms with E-state index in [-0.39, 0.29) is 107 Å². The van der Waals surface area contributed by atoms with E-state index in [0.29, 0.717) is 50.6 Å². The number of carbonyl (C=O) groups is 3. The average molecular weight is 1300 g/mol. The molecule has 30 heteroatoms. The Bertz CT molecular complexity index is 4710. The number of allylic oxidation sites excluding steroid dienone is 5. The van der Waals surface area contributed by atoms with Gasteiger partial charge in [-0.3, -0.25) is 9.11 Å². The van der Waals surface area contributed by atoms with Crippen LogP contribution >= 0.6 is 0 Å². The smallest absolute Gasteiger partial charge is 0.335 e. The molecule has 0 saturated carbocycles. The number of anilines is 12. The molecular formula is C63H64N18O10S2. The number of aromatic nitrogens is 6. The van der Waals surface area contributed by atoms with Crippen LogP contribution in [-0.2, 0) is 26.7 Å². The van der Waals surface area contributed by atoms with Crippen molar-refractivity contribution in [3.05, 3.63) is 188 Å². The van der Waals surface area contributed by atoms with Crippen molar-refractivity contribution in [3.63, 3.8) is 0 Å². The number of hydrogen-bond donors (Lipinski definition) is 14. The first kappa shape index (κ1) is 64.6. The number of aromatic carboxylic acids is 1. The normalized spacial score (nSPS) is 13.1. The molecule has 16 N–H and O–H groups in total. The third-order valence-corrected chi connectivity index (χ3v) is 17.0. The third kappa shape index (κ3) is 15.1. The number of hydrogen-bond acceptors (Lipinski definition) is 21. The van der Waals surface area contributed by atoms with Crippen molar-refractivity contribution < 1.29 is 45.4 Å². The Hall–Kier alpha value is -11.3. The van der Waals surface area contributed by atoms with Gasteiger partial charge in [-0.25, -0.2) is 19.4 Å². The SMILES string of the molecule is Cc1cc(C)c(Nc2ccc3c(c2)CC2=CC(=Nc4c(C)c(NC(=O)NCCNc5nc(N)nc(Nc6cccc(C(=O)O)c6)n5)c(C)c(S(=O)(=O)O)c4C)C=CC2=C3c2ccccc2S(=O)(=O)O)c(C)c1NC(=O)NCCNc1nc(N)nc(Nc2ccccc2)n1. The molecule has 0 spiro atoms. The molecule has 0 aliphatic heterocycles. The number of para-hydroxylation sites is 1. The Labute approximate surface area is 534 Å². The van der Waals surface area contributed by atoms with Crippen LogP contribution in [0, 0.1) is 41.5 Å². The Morgan fingerprint density at radius 2 is 1.13 bits per heavy atom. The van der Waals surface area contributed by atoms with E-state index in [1.807, 2.05) is 75.4 Å². The maximum absolute atomic E-state index is 13.6. The lowest BCUT2D eigenvalue weighted by Crippen LogP contribution is -2.33. The second-order valence-corrected chi connectivity index (χ2v) is 24.3. The largest absolute Gasteiger partial charge is 0.478 e. The molecule has 93 heavy (non-hydrogen) atoms. The molecular weight excluding hydrogens is 1230 g/mol. The minimum absolute atomic E-state index is 0.00808. The molecule has 8 aromatic rings. The predicted molar refractivity (Wildman–Crippen MR) is 357 cm³/mol. The molecule has 0 saturated heterocycles. The van der Waals surface area contributed by atoms with Crippen LogP contribution < -0.4 is 59.3 Å². The van der Waals surface area contributed by atoms with Crippen molar-refractivity contribution in [1.29, 1.82) is 0 Å². The van der Waals surface area contributed by atoms with Crippen LogP contribution in [0.25, 0.3) is 5.57 Å². The number of benzene rings is 6. The number of nitrogen functional groups attached to an aromatic ring is 2. The lowest BCUT2D eigenvalue weighted by molar-refractivity contribution is 0.0696. The van der Waals surface area contributed by atoms with E-state index in [1.165, 1.54) is 38.1 Å². The number of fused-ring (bicyclic) bond motifs is 2. The molecule has 478 valence electrons. The van der Waals surface area contributed by atoms with Crippen molar-refractivity contribution in [2.75, 3.05) is 74.9 Å². The molecule has 2 aromatic heterocycles. The second-order valence-electron chi connectivity index (χ2n) is 21.6. The molecule has 2 aliphatic rings. The predicted octanol–water partition coefficient (Wildman–Crippen LogP) is 9.59. The number of urea groups is 2. The maximum atomic E-state index is 13.6. The lowest BCUT2D eigenvalue weighted by Gasteiger charge is -2.28. The number of amides is 4. The summed E-state index contributed by atoms with van der Waals surface area (Å²) in [4.78, 5) is 67.7. The maximum Gasteiger partial charge on any atom is 0.335 e. The number of carboxylic acid groups (broad SMARTS) is 1. The minimum atomic E-state index is -4.92. The molecule has 2 aliphatic carbocycles. The van der Waals surface area contributed by atoms with E-state index >= 15 is 0 Å². The van der Waals surface area contributed by atoms with Gasteiger partial charge >= 0.3 is 18.0 Å². The highest BCUT2D eigenvalue weighted by atomic mass is 32.2. The molecule has 2 heterocycles. The highest BCUT2D eigenvalue weighted by molar-refractivity contribution is 7.86. The zero-order valence-electron chi connectivity index (χ0n) is 50.9. The first-order valence-corrected chi connectivity index (χ1v) is 31.6. The summed E-state index contributed by atoms with van der Waals surface area (Å²) in [5, 5.41) is 36.2. The van der Waals surface area contributed by atoms with Gasteiger partial charge in [0.2, 0.25) is 35.7 Å². The number of rotatable bonds is 21. The summed E-state index contributed by atoms with van der Waals surface area (Å²) in [5.41, 5.74) is 21.9. The van der Waals surface area contributed by atoms with Crippen molar-refractivity contribution in [3.8, 4) is 0 Å². The van der Waals surface area contributed by atoms with Gasteiger partial charge in [-0.15, -0.1) is 0 Å². The molecule has 28 nitrogen and oxygen atoms in total. The van der Waals surface area contributed by atoms with Crippen molar-refractivity contribution in [1.82, 2.24) is 40.5 Å². The average Bonchev–Trinajstić information content (AvgIpc) is 0.751. The second kappa shape index (κ2) is 27.0. The van der Waals surface area contributed by atoms with Crippen LogP contribution in [0.2, 0.25) is 0 Å². The molecule has 4 amide bonds. The van der Waals surface area contributed by atoms with E-state index in [2.05, 4.69) is 77.8 Å². The first-order valence-electron chi connectivity index (χ1n) is 28.7. The Morgan fingerprint density at radius 3 is 1.76 bits per heavy atom. The Morgan fingerprint density at radius 1 is 0.548 bits per heavy atom. The topological polar surface area (TPSA) is 430 Å². The van der Waals surface area contributed by atoms with Gasteiger partial charge in [-0.1, -0.05) is 60.7 Å². The number of carboxylic acids is 1. The number of nitrogens with zero attached hydrogens (tertiary/aromatic N) is 7. The Kier molecular flexibility index (Phi) is 18.8. The monoisotopic (exact) mass is 1300 g/mol. The highest BCUT2D eigenvalue weighted by Gasteiger charge is 2.31. The molecule has 0 atom stereocenters. The lowest BCUT2D eigenvalue weighted by atomic mass is 9.77. The number of aryl methyl sites for hydroxylation is 2. The van der Waals surface area contributed by atoms with Crippen LogP contribution in [0.3, 0.4) is 0 Å². The van der Waals surface area contributed by atoms with Gasteiger partial charge in [0.15, 0.2) is 0 Å². The van der Waals surface area contributed by atoms with Gasteiger partial charge in [0, 0.05) is 54.5 Å². The number of nitrogens with two attached hydrogens (primary N) is 2. The summed E-state index contributed by atoms with van der Waals surface area (Å²) in [6, 6.07) is 27.8. The van der Waals surface area contributed by atoms with Crippen molar-refractivity contribution >= 4 is 125 Å². The van der Waals surface area contributed by atoms with Crippen molar-refractivity contribution in [2.24, 2.45) is 4.99 Å². The fourth-order valence-electron chi connectivity index (χ4n) is 11.0. The number of aliphatic imine (C=N–C) groups is 1. The van der Waals surface area contributed by atoms with Gasteiger partial charge in [-0.2, -0.15) is 46.7 Å². The molecule has 0 radical (unpaired) electrons.